The van der Waals surface area contributed by atoms with E-state index in [0.29, 0.717) is 0 Å². The van der Waals surface area contributed by atoms with Crippen LogP contribution in [0.1, 0.15) is 11.1 Å². The van der Waals surface area contributed by atoms with Crippen LogP contribution in [0.3, 0.4) is 0 Å². The molecular formula is C14H15N2O6P. The van der Waals surface area contributed by atoms with Crippen LogP contribution in [-0.2, 0) is 4.57 Å². The zero-order valence-electron chi connectivity index (χ0n) is 12.1. The minimum atomic E-state index is -4.64. The third-order valence-electron chi connectivity index (χ3n) is 2.50. The van der Waals surface area contributed by atoms with Gasteiger partial charge in [0, 0.05) is 18.3 Å². The molecule has 2 aromatic carbocycles. The van der Waals surface area contributed by atoms with Gasteiger partial charge >= 0.3 is 7.82 Å². The van der Waals surface area contributed by atoms with Gasteiger partial charge in [-0.05, 0) is 36.8 Å². The van der Waals surface area contributed by atoms with E-state index >= 15 is 0 Å². The maximum Gasteiger partial charge on any atom is 0.466 e. The molecule has 23 heavy (non-hydrogen) atoms. The number of non-ortho nitro benzene ring substituents is 1. The smallest absolute Gasteiger partial charge is 0.303 e. The molecule has 0 radical (unpaired) electrons. The summed E-state index contributed by atoms with van der Waals surface area (Å²) < 4.78 is 8.88. The molecule has 0 heterocycles. The Bertz CT molecular complexity index is 714. The molecule has 0 saturated carbocycles. The fraction of sp³-hybridized carbons (Fsp3) is 0.0714. The summed E-state index contributed by atoms with van der Waals surface area (Å²) in [6, 6.07) is 14.1. The molecule has 0 aliphatic rings. The van der Waals surface area contributed by atoms with Crippen molar-refractivity contribution in [3.8, 4) is 0 Å². The topological polar surface area (TPSA) is 133 Å². The molecule has 0 fully saturated rings. The van der Waals surface area contributed by atoms with Crippen molar-refractivity contribution < 1.29 is 24.2 Å². The van der Waals surface area contributed by atoms with Crippen LogP contribution in [0.5, 0.6) is 0 Å². The molecule has 122 valence electrons. The van der Waals surface area contributed by atoms with Gasteiger partial charge in [-0.2, -0.15) is 0 Å². The van der Waals surface area contributed by atoms with Gasteiger partial charge in [0.2, 0.25) is 0 Å². The Labute approximate surface area is 132 Å². The highest BCUT2D eigenvalue weighted by molar-refractivity contribution is 7.45. The van der Waals surface area contributed by atoms with Gasteiger partial charge in [0.1, 0.15) is 0 Å². The van der Waals surface area contributed by atoms with Gasteiger partial charge in [0.05, 0.1) is 10.6 Å². The highest BCUT2D eigenvalue weighted by Gasteiger charge is 2.02. The van der Waals surface area contributed by atoms with Crippen LogP contribution < -0.4 is 0 Å². The van der Waals surface area contributed by atoms with Gasteiger partial charge in [0.25, 0.3) is 5.69 Å². The van der Waals surface area contributed by atoms with Crippen molar-refractivity contribution in [2.24, 2.45) is 4.99 Å². The summed E-state index contributed by atoms with van der Waals surface area (Å²) in [5.41, 5.74) is 2.96. The first kappa shape index (κ1) is 18.7. The summed E-state index contributed by atoms with van der Waals surface area (Å²) in [6.07, 6.45) is 1.69. The van der Waals surface area contributed by atoms with Gasteiger partial charge in [-0.1, -0.05) is 17.7 Å². The monoisotopic (exact) mass is 338 g/mol. The van der Waals surface area contributed by atoms with Crippen LogP contribution in [0.4, 0.5) is 11.4 Å². The number of rotatable bonds is 3. The Kier molecular flexibility index (Phi) is 6.74. The quantitative estimate of drug-likeness (QED) is 0.341. The maximum atomic E-state index is 10.5. The van der Waals surface area contributed by atoms with Crippen LogP contribution in [0.25, 0.3) is 0 Å². The second-order valence-electron chi connectivity index (χ2n) is 4.46. The van der Waals surface area contributed by atoms with Gasteiger partial charge in [-0.25, -0.2) is 4.57 Å². The minimum Gasteiger partial charge on any atom is -0.303 e. The third-order valence-corrected chi connectivity index (χ3v) is 2.50. The number of nitrogens with zero attached hydrogens (tertiary/aromatic N) is 2. The van der Waals surface area contributed by atoms with Crippen LogP contribution in [0.2, 0.25) is 0 Å². The van der Waals surface area contributed by atoms with E-state index in [0.717, 1.165) is 11.3 Å². The maximum absolute atomic E-state index is 10.5. The van der Waals surface area contributed by atoms with Crippen molar-refractivity contribution >= 4 is 25.4 Å². The number of benzene rings is 2. The van der Waals surface area contributed by atoms with Crippen LogP contribution in [0.15, 0.2) is 53.5 Å². The number of hydrogen-bond acceptors (Lipinski definition) is 4. The Morgan fingerprint density at radius 2 is 1.52 bits per heavy atom. The van der Waals surface area contributed by atoms with Crippen molar-refractivity contribution in [1.29, 1.82) is 0 Å². The first-order valence-corrected chi connectivity index (χ1v) is 7.85. The molecule has 0 saturated heterocycles. The Morgan fingerprint density at radius 1 is 1.04 bits per heavy atom. The molecule has 9 heteroatoms. The highest BCUT2D eigenvalue weighted by atomic mass is 31.2. The van der Waals surface area contributed by atoms with Crippen molar-refractivity contribution in [1.82, 2.24) is 0 Å². The standard InChI is InChI=1S/C14H12N2O2.H3O4P/c1-11-2-6-13(7-3-11)15-10-12-4-8-14(9-5-12)16(17)18;1-5(2,3)4/h2-10H,1H3;(H3,1,2,3,4). The summed E-state index contributed by atoms with van der Waals surface area (Å²) in [5, 5.41) is 10.5. The van der Waals surface area contributed by atoms with E-state index in [1.54, 1.807) is 18.3 Å². The lowest BCUT2D eigenvalue weighted by Gasteiger charge is -1.95. The number of aryl methyl sites for hydroxylation is 1. The molecular weight excluding hydrogens is 323 g/mol. The Balaban J connectivity index is 0.000000463. The molecule has 2 rings (SSSR count). The molecule has 0 aromatic heterocycles. The van der Waals surface area contributed by atoms with E-state index in [2.05, 4.69) is 4.99 Å². The van der Waals surface area contributed by atoms with Crippen molar-refractivity contribution in [3.05, 3.63) is 69.8 Å². The molecule has 0 aliphatic heterocycles. The fourth-order valence-electron chi connectivity index (χ4n) is 1.46. The number of nitro groups is 1. The molecule has 0 atom stereocenters. The SMILES string of the molecule is Cc1ccc(N=Cc2ccc([N+](=O)[O-])cc2)cc1.O=P(O)(O)O. The van der Waals surface area contributed by atoms with E-state index in [4.69, 9.17) is 19.2 Å². The summed E-state index contributed by atoms with van der Waals surface area (Å²) in [5.74, 6) is 0. The zero-order valence-corrected chi connectivity index (χ0v) is 13.0. The highest BCUT2D eigenvalue weighted by Crippen LogP contribution is 2.25. The normalized spacial score (nSPS) is 11.0. The van der Waals surface area contributed by atoms with E-state index in [-0.39, 0.29) is 5.69 Å². The fourth-order valence-corrected chi connectivity index (χ4v) is 1.46. The number of hydrogen-bond donors (Lipinski definition) is 3. The van der Waals surface area contributed by atoms with Gasteiger partial charge in [-0.3, -0.25) is 15.1 Å². The first-order chi connectivity index (χ1) is 10.6. The van der Waals surface area contributed by atoms with Crippen molar-refractivity contribution in [3.63, 3.8) is 0 Å². The van der Waals surface area contributed by atoms with E-state index in [1.165, 1.54) is 17.7 Å². The largest absolute Gasteiger partial charge is 0.466 e. The summed E-state index contributed by atoms with van der Waals surface area (Å²) in [6.45, 7) is 2.02. The lowest BCUT2D eigenvalue weighted by molar-refractivity contribution is -0.384. The van der Waals surface area contributed by atoms with Crippen LogP contribution in [0, 0.1) is 17.0 Å². The van der Waals surface area contributed by atoms with Gasteiger partial charge in [0.15, 0.2) is 0 Å². The lowest BCUT2D eigenvalue weighted by atomic mass is 10.2. The minimum absolute atomic E-state index is 0.0856. The number of aliphatic imine (C=N–C) groups is 1. The summed E-state index contributed by atoms with van der Waals surface area (Å²) in [4.78, 5) is 35.9. The van der Waals surface area contributed by atoms with Crippen LogP contribution >= 0.6 is 7.82 Å². The molecule has 0 bridgehead atoms. The molecule has 3 N–H and O–H groups in total. The molecule has 2 aromatic rings. The second-order valence-corrected chi connectivity index (χ2v) is 5.48. The Hall–Kier alpha value is -2.38. The summed E-state index contributed by atoms with van der Waals surface area (Å²) >= 11 is 0. The number of phosphoric acid groups is 1. The number of nitro benzene ring substituents is 1. The first-order valence-electron chi connectivity index (χ1n) is 6.28. The molecule has 0 amide bonds. The van der Waals surface area contributed by atoms with Crippen molar-refractivity contribution in [2.45, 2.75) is 6.92 Å². The van der Waals surface area contributed by atoms with Gasteiger partial charge in [-0.15, -0.1) is 0 Å². The van der Waals surface area contributed by atoms with Gasteiger partial charge < -0.3 is 14.7 Å². The molecule has 0 unspecified atom stereocenters. The molecule has 0 spiro atoms. The average molecular weight is 338 g/mol. The van der Waals surface area contributed by atoms with Crippen molar-refractivity contribution in [2.75, 3.05) is 0 Å². The van der Waals surface area contributed by atoms with Crippen LogP contribution in [-0.4, -0.2) is 25.8 Å². The van der Waals surface area contributed by atoms with E-state index < -0.39 is 12.7 Å². The average Bonchev–Trinajstić information content (AvgIpc) is 2.45. The second kappa shape index (κ2) is 8.30. The zero-order chi connectivity index (χ0) is 17.5. The van der Waals surface area contributed by atoms with E-state index in [9.17, 15) is 10.1 Å². The lowest BCUT2D eigenvalue weighted by Crippen LogP contribution is -1.88. The molecule has 8 nitrogen and oxygen atoms in total. The Morgan fingerprint density at radius 3 is 1.96 bits per heavy atom. The predicted molar refractivity (Wildman–Crippen MR) is 85.8 cm³/mol. The predicted octanol–water partition coefficient (Wildman–Crippen LogP) is 2.73. The van der Waals surface area contributed by atoms with E-state index in [1.807, 2.05) is 31.2 Å². The third kappa shape index (κ3) is 8.60. The summed E-state index contributed by atoms with van der Waals surface area (Å²) in [7, 11) is -4.64. The molecule has 0 aliphatic carbocycles.